The average molecular weight is 216 g/mol. The number of fused-ring (bicyclic) bond motifs is 1. The summed E-state index contributed by atoms with van der Waals surface area (Å²) in [5.41, 5.74) is 2.79. The van der Waals surface area contributed by atoms with E-state index in [9.17, 15) is 9.59 Å². The first-order valence-corrected chi connectivity index (χ1v) is 5.36. The summed E-state index contributed by atoms with van der Waals surface area (Å²) < 4.78 is 1.62. The Balaban J connectivity index is 2.24. The molecule has 1 heterocycles. The van der Waals surface area contributed by atoms with Gasteiger partial charge >= 0.3 is 5.69 Å². The topological polar surface area (TPSA) is 54.9 Å². The first kappa shape index (κ1) is 9.39. The zero-order chi connectivity index (χ0) is 11.3. The minimum absolute atomic E-state index is 0.104. The highest BCUT2D eigenvalue weighted by Crippen LogP contribution is 2.36. The summed E-state index contributed by atoms with van der Waals surface area (Å²) in [5.74, 6) is 0.597. The van der Waals surface area contributed by atoms with Crippen molar-refractivity contribution in [1.82, 2.24) is 9.55 Å². The number of nitrogens with zero attached hydrogens (tertiary/aromatic N) is 1. The van der Waals surface area contributed by atoms with E-state index in [0.717, 1.165) is 16.6 Å². The Kier molecular flexibility index (Phi) is 1.80. The number of aryl methyl sites for hydroxylation is 1. The van der Waals surface area contributed by atoms with Gasteiger partial charge in [-0.25, -0.2) is 4.79 Å². The molecule has 1 aliphatic carbocycles. The number of H-pyrrole nitrogens is 1. The van der Waals surface area contributed by atoms with Gasteiger partial charge in [0, 0.05) is 19.9 Å². The predicted molar refractivity (Wildman–Crippen MR) is 60.5 cm³/mol. The molecule has 0 unspecified atom stereocenters. The second-order valence-corrected chi connectivity index (χ2v) is 4.38. The summed E-state index contributed by atoms with van der Waals surface area (Å²) in [5, 5.41) is 0. The van der Waals surface area contributed by atoms with Gasteiger partial charge in [0.15, 0.2) is 0 Å². The van der Waals surface area contributed by atoms with Crippen molar-refractivity contribution in [3.8, 4) is 0 Å². The predicted octanol–water partition coefficient (Wildman–Crippen LogP) is 1.31. The Labute approximate surface area is 91.9 Å². The minimum Gasteiger partial charge on any atom is -0.306 e. The Hall–Kier alpha value is -1.84. The first-order valence-electron chi connectivity index (χ1n) is 5.36. The first-order chi connectivity index (χ1) is 7.66. The number of nitrogens with one attached hydrogen (secondary N) is 1. The fourth-order valence-electron chi connectivity index (χ4n) is 2.38. The quantitative estimate of drug-likeness (QED) is 0.781. The number of aromatic amines is 1. The van der Waals surface area contributed by atoms with Crippen molar-refractivity contribution in [3.05, 3.63) is 34.2 Å². The molecule has 4 nitrogen and oxygen atoms in total. The van der Waals surface area contributed by atoms with Crippen LogP contribution in [0.25, 0.3) is 11.0 Å². The van der Waals surface area contributed by atoms with E-state index in [2.05, 4.69) is 4.98 Å². The highest BCUT2D eigenvalue weighted by atomic mass is 16.1. The van der Waals surface area contributed by atoms with Crippen LogP contribution in [0.2, 0.25) is 0 Å². The van der Waals surface area contributed by atoms with Crippen molar-refractivity contribution < 1.29 is 4.79 Å². The van der Waals surface area contributed by atoms with Crippen LogP contribution >= 0.6 is 0 Å². The Morgan fingerprint density at radius 1 is 1.31 bits per heavy atom. The highest BCUT2D eigenvalue weighted by molar-refractivity contribution is 5.89. The lowest BCUT2D eigenvalue weighted by atomic mass is 9.78. The van der Waals surface area contributed by atoms with Gasteiger partial charge in [0.2, 0.25) is 0 Å². The summed E-state index contributed by atoms with van der Waals surface area (Å²) in [6.07, 6.45) is 1.22. The van der Waals surface area contributed by atoms with Gasteiger partial charge in [0.1, 0.15) is 5.78 Å². The monoisotopic (exact) mass is 216 g/mol. The van der Waals surface area contributed by atoms with Gasteiger partial charge in [0.25, 0.3) is 0 Å². The molecule has 0 amide bonds. The number of Topliss-reactive ketones (excluding diaryl/α,β-unsaturated/α-hetero) is 1. The summed E-state index contributed by atoms with van der Waals surface area (Å²) in [6.45, 7) is 0. The standard InChI is InChI=1S/C12H12N2O2/c1-14-11-9(7-5-8(15)6-7)3-2-4-10(11)13-12(14)16/h2-4,7H,5-6H2,1H3,(H,13,16). The molecule has 0 spiro atoms. The van der Waals surface area contributed by atoms with E-state index < -0.39 is 0 Å². The van der Waals surface area contributed by atoms with Gasteiger partial charge < -0.3 is 4.98 Å². The lowest BCUT2D eigenvalue weighted by Crippen LogP contribution is -2.22. The number of aromatic nitrogens is 2. The minimum atomic E-state index is -0.104. The van der Waals surface area contributed by atoms with E-state index in [-0.39, 0.29) is 11.6 Å². The molecule has 1 aliphatic rings. The molecular formula is C12H12N2O2. The summed E-state index contributed by atoms with van der Waals surface area (Å²) >= 11 is 0. The Morgan fingerprint density at radius 3 is 2.75 bits per heavy atom. The van der Waals surface area contributed by atoms with Gasteiger partial charge in [0.05, 0.1) is 11.0 Å². The van der Waals surface area contributed by atoms with Crippen LogP contribution in [-0.4, -0.2) is 15.3 Å². The van der Waals surface area contributed by atoms with E-state index in [0.29, 0.717) is 18.6 Å². The molecule has 1 aromatic heterocycles. The van der Waals surface area contributed by atoms with Crippen LogP contribution in [0, 0.1) is 0 Å². The van der Waals surface area contributed by atoms with Crippen molar-refractivity contribution in [2.45, 2.75) is 18.8 Å². The lowest BCUT2D eigenvalue weighted by molar-refractivity contribution is -0.124. The molecule has 0 radical (unpaired) electrons. The van der Waals surface area contributed by atoms with Crippen LogP contribution < -0.4 is 5.69 Å². The maximum absolute atomic E-state index is 11.5. The van der Waals surface area contributed by atoms with Crippen molar-refractivity contribution >= 4 is 16.8 Å². The van der Waals surface area contributed by atoms with Crippen LogP contribution in [0.3, 0.4) is 0 Å². The molecule has 16 heavy (non-hydrogen) atoms. The second-order valence-electron chi connectivity index (χ2n) is 4.38. The zero-order valence-corrected chi connectivity index (χ0v) is 8.99. The van der Waals surface area contributed by atoms with Crippen molar-refractivity contribution in [3.63, 3.8) is 0 Å². The fraction of sp³-hybridized carbons (Fsp3) is 0.333. The molecule has 82 valence electrons. The highest BCUT2D eigenvalue weighted by Gasteiger charge is 2.29. The normalized spacial score (nSPS) is 16.7. The van der Waals surface area contributed by atoms with Crippen LogP contribution in [0.5, 0.6) is 0 Å². The number of imidazole rings is 1. The number of carbonyl (C=O) groups excluding carboxylic acids is 1. The molecule has 0 atom stereocenters. The number of rotatable bonds is 1. The number of para-hydroxylation sites is 1. The van der Waals surface area contributed by atoms with Gasteiger partial charge in [-0.05, 0) is 17.5 Å². The van der Waals surface area contributed by atoms with E-state index in [4.69, 9.17) is 0 Å². The smallest absolute Gasteiger partial charge is 0.306 e. The molecule has 0 aliphatic heterocycles. The number of ketones is 1. The molecule has 1 saturated carbocycles. The number of hydrogen-bond acceptors (Lipinski definition) is 2. The Bertz CT molecular complexity index is 628. The van der Waals surface area contributed by atoms with Gasteiger partial charge in [-0.15, -0.1) is 0 Å². The molecule has 0 bridgehead atoms. The summed E-state index contributed by atoms with van der Waals surface area (Å²) in [6, 6.07) is 5.82. The summed E-state index contributed by atoms with van der Waals surface area (Å²) in [4.78, 5) is 25.4. The number of carbonyl (C=O) groups is 1. The molecule has 1 fully saturated rings. The van der Waals surface area contributed by atoms with Crippen molar-refractivity contribution in [1.29, 1.82) is 0 Å². The zero-order valence-electron chi connectivity index (χ0n) is 8.99. The van der Waals surface area contributed by atoms with Crippen molar-refractivity contribution in [2.24, 2.45) is 7.05 Å². The fourth-order valence-corrected chi connectivity index (χ4v) is 2.38. The van der Waals surface area contributed by atoms with Gasteiger partial charge in [-0.1, -0.05) is 12.1 Å². The van der Waals surface area contributed by atoms with Crippen LogP contribution in [0.1, 0.15) is 24.3 Å². The molecule has 2 aromatic rings. The third kappa shape index (κ3) is 1.16. The summed E-state index contributed by atoms with van der Waals surface area (Å²) in [7, 11) is 1.76. The van der Waals surface area contributed by atoms with Crippen LogP contribution in [-0.2, 0) is 11.8 Å². The Morgan fingerprint density at radius 2 is 2.06 bits per heavy atom. The van der Waals surface area contributed by atoms with Gasteiger partial charge in [-0.2, -0.15) is 0 Å². The van der Waals surface area contributed by atoms with E-state index in [1.54, 1.807) is 11.6 Å². The van der Waals surface area contributed by atoms with E-state index in [1.165, 1.54) is 0 Å². The molecular weight excluding hydrogens is 204 g/mol. The van der Waals surface area contributed by atoms with Crippen LogP contribution in [0.4, 0.5) is 0 Å². The average Bonchev–Trinajstić information content (AvgIpc) is 2.51. The number of hydrogen-bond donors (Lipinski definition) is 1. The lowest BCUT2D eigenvalue weighted by Gasteiger charge is -2.25. The number of benzene rings is 1. The molecule has 1 N–H and O–H groups in total. The maximum atomic E-state index is 11.5. The van der Waals surface area contributed by atoms with Crippen LogP contribution in [0.15, 0.2) is 23.0 Å². The third-order valence-electron chi connectivity index (χ3n) is 3.34. The molecule has 0 saturated heterocycles. The molecule has 1 aromatic carbocycles. The third-order valence-corrected chi connectivity index (χ3v) is 3.34. The van der Waals surface area contributed by atoms with E-state index >= 15 is 0 Å². The van der Waals surface area contributed by atoms with E-state index in [1.807, 2.05) is 18.2 Å². The second kappa shape index (κ2) is 3.07. The SMILES string of the molecule is Cn1c(=O)[nH]c2cccc(C3CC(=O)C3)c21. The molecule has 3 rings (SSSR count). The largest absolute Gasteiger partial charge is 0.326 e. The van der Waals surface area contributed by atoms with Crippen molar-refractivity contribution in [2.75, 3.05) is 0 Å². The molecule has 4 heteroatoms. The maximum Gasteiger partial charge on any atom is 0.326 e. The van der Waals surface area contributed by atoms with Gasteiger partial charge in [-0.3, -0.25) is 9.36 Å².